The average molecular weight is 385 g/mol. The molecular weight excluding hydrogens is 361 g/mol. The number of likely N-dealkylation sites (tertiary alicyclic amines) is 1. The van der Waals surface area contributed by atoms with Gasteiger partial charge in [0.1, 0.15) is 11.5 Å². The summed E-state index contributed by atoms with van der Waals surface area (Å²) in [4.78, 5) is 29.5. The van der Waals surface area contributed by atoms with Crippen molar-refractivity contribution in [2.75, 3.05) is 39.3 Å². The molecule has 8 heteroatoms. The number of nitrogens with one attached hydrogen (secondary N) is 1. The number of aryl methyl sites for hydroxylation is 1. The van der Waals surface area contributed by atoms with Crippen LogP contribution in [0.1, 0.15) is 22.6 Å². The molecule has 2 saturated heterocycles. The van der Waals surface area contributed by atoms with Gasteiger partial charge in [-0.3, -0.25) is 14.5 Å². The fourth-order valence-corrected chi connectivity index (χ4v) is 3.98. The van der Waals surface area contributed by atoms with Gasteiger partial charge >= 0.3 is 0 Å². The average Bonchev–Trinajstić information content (AvgIpc) is 3.19. The van der Waals surface area contributed by atoms with Crippen molar-refractivity contribution in [1.29, 1.82) is 0 Å². The van der Waals surface area contributed by atoms with Crippen LogP contribution >= 0.6 is 0 Å². The summed E-state index contributed by atoms with van der Waals surface area (Å²) < 4.78 is 15.5. The van der Waals surface area contributed by atoms with Crippen LogP contribution in [0.4, 0.5) is 4.39 Å². The van der Waals surface area contributed by atoms with Crippen molar-refractivity contribution < 1.29 is 9.18 Å². The Hall–Kier alpha value is -2.58. The number of nitrogens with zero attached hydrogens (tertiary/aromatic N) is 4. The molecule has 2 aromatic rings. The molecule has 3 heterocycles. The molecule has 1 amide bonds. The first kappa shape index (κ1) is 18.8. The fraction of sp³-hybridized carbons (Fsp3) is 0.450. The number of hydrogen-bond acceptors (Lipinski definition) is 5. The van der Waals surface area contributed by atoms with E-state index in [1.807, 2.05) is 0 Å². The van der Waals surface area contributed by atoms with E-state index in [9.17, 15) is 14.0 Å². The molecule has 0 aliphatic carbocycles. The Kier molecular flexibility index (Phi) is 5.23. The van der Waals surface area contributed by atoms with E-state index in [0.717, 1.165) is 32.6 Å². The normalized spacial score (nSPS) is 20.5. The number of hydrogen-bond donors (Lipinski definition) is 1. The number of piperazine rings is 1. The third-order valence-electron chi connectivity index (χ3n) is 5.51. The van der Waals surface area contributed by atoms with Crippen LogP contribution in [0.2, 0.25) is 0 Å². The minimum absolute atomic E-state index is 0.158. The molecule has 4 rings (SSSR count). The van der Waals surface area contributed by atoms with E-state index < -0.39 is 11.2 Å². The van der Waals surface area contributed by atoms with E-state index >= 15 is 0 Å². The van der Waals surface area contributed by atoms with E-state index in [0.29, 0.717) is 24.8 Å². The van der Waals surface area contributed by atoms with Crippen molar-refractivity contribution in [3.8, 4) is 5.69 Å². The van der Waals surface area contributed by atoms with Crippen LogP contribution in [0.25, 0.3) is 5.69 Å². The number of carbonyl (C=O) groups is 1. The third-order valence-corrected chi connectivity index (χ3v) is 5.51. The van der Waals surface area contributed by atoms with Gasteiger partial charge in [-0.25, -0.2) is 9.07 Å². The molecule has 0 spiro atoms. The number of para-hydroxylation sites is 1. The topological polar surface area (TPSA) is 70.5 Å². The molecule has 1 aromatic heterocycles. The minimum atomic E-state index is -0.458. The second kappa shape index (κ2) is 7.81. The Morgan fingerprint density at radius 3 is 2.71 bits per heavy atom. The lowest BCUT2D eigenvalue weighted by molar-refractivity contribution is 0.0764. The number of halogens is 1. The highest BCUT2D eigenvalue weighted by Crippen LogP contribution is 2.18. The number of carbonyl (C=O) groups excluding carboxylic acids is 1. The monoisotopic (exact) mass is 385 g/mol. The van der Waals surface area contributed by atoms with Gasteiger partial charge in [0.05, 0.1) is 0 Å². The van der Waals surface area contributed by atoms with Crippen LogP contribution in [-0.4, -0.2) is 70.8 Å². The molecular formula is C20H24FN5O2. The maximum Gasteiger partial charge on any atom is 0.278 e. The van der Waals surface area contributed by atoms with E-state index in [2.05, 4.69) is 15.3 Å². The molecule has 0 bridgehead atoms. The summed E-state index contributed by atoms with van der Waals surface area (Å²) in [6, 6.07) is 7.83. The zero-order chi connectivity index (χ0) is 19.7. The number of benzene rings is 1. The van der Waals surface area contributed by atoms with Gasteiger partial charge in [-0.2, -0.15) is 5.10 Å². The summed E-state index contributed by atoms with van der Waals surface area (Å²) >= 11 is 0. The molecule has 2 aliphatic rings. The van der Waals surface area contributed by atoms with Gasteiger partial charge in [-0.15, -0.1) is 0 Å². The Bertz CT molecular complexity index is 938. The van der Waals surface area contributed by atoms with Gasteiger partial charge < -0.3 is 10.2 Å². The van der Waals surface area contributed by atoms with E-state index in [1.54, 1.807) is 30.0 Å². The van der Waals surface area contributed by atoms with Crippen LogP contribution in [0.3, 0.4) is 0 Å². The fourth-order valence-electron chi connectivity index (χ4n) is 3.98. The van der Waals surface area contributed by atoms with Crippen LogP contribution < -0.4 is 10.7 Å². The van der Waals surface area contributed by atoms with E-state index in [1.165, 1.54) is 16.8 Å². The molecule has 148 valence electrons. The lowest BCUT2D eigenvalue weighted by Crippen LogP contribution is -2.49. The maximum atomic E-state index is 14.2. The summed E-state index contributed by atoms with van der Waals surface area (Å²) in [6.45, 7) is 6.71. The van der Waals surface area contributed by atoms with E-state index in [-0.39, 0.29) is 17.3 Å². The molecule has 1 aromatic carbocycles. The van der Waals surface area contributed by atoms with Crippen molar-refractivity contribution in [2.45, 2.75) is 19.4 Å². The zero-order valence-corrected chi connectivity index (χ0v) is 15.9. The third kappa shape index (κ3) is 3.57. The van der Waals surface area contributed by atoms with Gasteiger partial charge in [-0.05, 0) is 25.5 Å². The van der Waals surface area contributed by atoms with Crippen LogP contribution in [0.15, 0.2) is 35.1 Å². The van der Waals surface area contributed by atoms with Crippen LogP contribution in [-0.2, 0) is 0 Å². The first-order chi connectivity index (χ1) is 13.5. The van der Waals surface area contributed by atoms with Gasteiger partial charge in [0.15, 0.2) is 5.69 Å². The van der Waals surface area contributed by atoms with Crippen LogP contribution in [0.5, 0.6) is 0 Å². The minimum Gasteiger partial charge on any atom is -0.335 e. The largest absolute Gasteiger partial charge is 0.335 e. The predicted molar refractivity (Wildman–Crippen MR) is 103 cm³/mol. The highest BCUT2D eigenvalue weighted by atomic mass is 19.1. The molecule has 1 unspecified atom stereocenters. The van der Waals surface area contributed by atoms with Crippen molar-refractivity contribution in [3.05, 3.63) is 57.8 Å². The second-order valence-electron chi connectivity index (χ2n) is 7.34. The Balaban J connectivity index is 1.59. The first-order valence-electron chi connectivity index (χ1n) is 9.64. The Morgan fingerprint density at radius 1 is 1.21 bits per heavy atom. The standard InChI is InChI=1S/C20H24FN5O2/c1-14-12-18(27)19(23-26(14)17-5-3-2-4-16(17)21)20(28)25-9-6-15(13-25)24-10-7-22-8-11-24/h2-5,12,15,22H,6-11,13H2,1H3. The number of aromatic nitrogens is 2. The summed E-state index contributed by atoms with van der Waals surface area (Å²) in [5, 5.41) is 7.56. The van der Waals surface area contributed by atoms with E-state index in [4.69, 9.17) is 0 Å². The highest BCUT2D eigenvalue weighted by molar-refractivity contribution is 5.92. The second-order valence-corrected chi connectivity index (χ2v) is 7.34. The molecule has 0 radical (unpaired) electrons. The van der Waals surface area contributed by atoms with Gasteiger partial charge in [-0.1, -0.05) is 12.1 Å². The lowest BCUT2D eigenvalue weighted by atomic mass is 10.2. The quantitative estimate of drug-likeness (QED) is 0.846. The molecule has 0 saturated carbocycles. The molecule has 1 N–H and O–H groups in total. The molecule has 7 nitrogen and oxygen atoms in total. The molecule has 28 heavy (non-hydrogen) atoms. The van der Waals surface area contributed by atoms with Gasteiger partial charge in [0, 0.05) is 57.1 Å². The van der Waals surface area contributed by atoms with Gasteiger partial charge in [0.2, 0.25) is 5.43 Å². The number of rotatable bonds is 3. The Labute approximate surface area is 162 Å². The Morgan fingerprint density at radius 2 is 1.96 bits per heavy atom. The lowest BCUT2D eigenvalue weighted by Gasteiger charge is -2.32. The van der Waals surface area contributed by atoms with Crippen molar-refractivity contribution in [3.63, 3.8) is 0 Å². The highest BCUT2D eigenvalue weighted by Gasteiger charge is 2.33. The summed E-state index contributed by atoms with van der Waals surface area (Å²) in [7, 11) is 0. The summed E-state index contributed by atoms with van der Waals surface area (Å²) in [6.07, 6.45) is 0.888. The molecule has 2 aliphatic heterocycles. The SMILES string of the molecule is Cc1cc(=O)c(C(=O)N2CCC(N3CCNCC3)C2)nn1-c1ccccc1F. The smallest absolute Gasteiger partial charge is 0.278 e. The predicted octanol–water partition coefficient (Wildman–Crippen LogP) is 0.800. The van der Waals surface area contributed by atoms with Crippen molar-refractivity contribution in [1.82, 2.24) is 24.9 Å². The van der Waals surface area contributed by atoms with Crippen LogP contribution in [0, 0.1) is 12.7 Å². The summed E-state index contributed by atoms with van der Waals surface area (Å²) in [5.74, 6) is -0.840. The number of amides is 1. The zero-order valence-electron chi connectivity index (χ0n) is 15.9. The van der Waals surface area contributed by atoms with Crippen molar-refractivity contribution >= 4 is 5.91 Å². The maximum absolute atomic E-state index is 14.2. The summed E-state index contributed by atoms with van der Waals surface area (Å²) in [5.41, 5.74) is 0.108. The molecule has 1 atom stereocenters. The molecule has 2 fully saturated rings. The first-order valence-corrected chi connectivity index (χ1v) is 9.64. The van der Waals surface area contributed by atoms with Crippen molar-refractivity contribution in [2.24, 2.45) is 0 Å². The van der Waals surface area contributed by atoms with Gasteiger partial charge in [0.25, 0.3) is 5.91 Å².